The molecule has 1 aromatic rings. The molecular weight excluding hydrogens is 234 g/mol. The summed E-state index contributed by atoms with van der Waals surface area (Å²) < 4.78 is 0. The van der Waals surface area contributed by atoms with Crippen LogP contribution in [0.25, 0.3) is 0 Å². The van der Waals surface area contributed by atoms with E-state index < -0.39 is 5.97 Å². The maximum atomic E-state index is 11.9. The van der Waals surface area contributed by atoms with Crippen molar-refractivity contribution in [1.29, 1.82) is 0 Å². The van der Waals surface area contributed by atoms with E-state index in [4.69, 9.17) is 5.11 Å². The molecule has 2 amide bonds. The Kier molecular flexibility index (Phi) is 3.23. The number of amides is 2. The van der Waals surface area contributed by atoms with Gasteiger partial charge < -0.3 is 5.11 Å². The van der Waals surface area contributed by atoms with Gasteiger partial charge in [0.05, 0.1) is 11.1 Å². The summed E-state index contributed by atoms with van der Waals surface area (Å²) in [6.07, 6.45) is 2.75. The maximum absolute atomic E-state index is 11.9. The summed E-state index contributed by atoms with van der Waals surface area (Å²) in [7, 11) is 0. The van der Waals surface area contributed by atoms with Crippen LogP contribution in [0.5, 0.6) is 0 Å². The van der Waals surface area contributed by atoms with E-state index in [1.165, 1.54) is 6.08 Å². The Morgan fingerprint density at radius 3 is 2.22 bits per heavy atom. The first-order chi connectivity index (χ1) is 8.61. The van der Waals surface area contributed by atoms with Gasteiger partial charge in [-0.25, -0.2) is 4.79 Å². The molecule has 0 fully saturated rings. The summed E-state index contributed by atoms with van der Waals surface area (Å²) in [4.78, 5) is 35.2. The van der Waals surface area contributed by atoms with E-state index in [0.29, 0.717) is 17.5 Å². The number of benzene rings is 1. The summed E-state index contributed by atoms with van der Waals surface area (Å²) in [6, 6.07) is 6.64. The van der Waals surface area contributed by atoms with Crippen LogP contribution < -0.4 is 0 Å². The summed E-state index contributed by atoms with van der Waals surface area (Å²) in [5.41, 5.74) is 0.814. The number of aliphatic carboxylic acids is 1. The van der Waals surface area contributed by atoms with Crippen molar-refractivity contribution < 1.29 is 19.5 Å². The van der Waals surface area contributed by atoms with E-state index in [-0.39, 0.29) is 18.4 Å². The lowest BCUT2D eigenvalue weighted by atomic mass is 10.1. The van der Waals surface area contributed by atoms with Crippen molar-refractivity contribution in [2.24, 2.45) is 0 Å². The first-order valence-corrected chi connectivity index (χ1v) is 5.46. The molecule has 5 heteroatoms. The molecule has 0 atom stereocenters. The summed E-state index contributed by atoms with van der Waals surface area (Å²) >= 11 is 0. The van der Waals surface area contributed by atoms with Crippen LogP contribution in [0.3, 0.4) is 0 Å². The van der Waals surface area contributed by atoms with E-state index in [9.17, 15) is 14.4 Å². The molecule has 0 unspecified atom stereocenters. The molecule has 0 aliphatic carbocycles. The zero-order valence-electron chi connectivity index (χ0n) is 9.50. The van der Waals surface area contributed by atoms with Crippen molar-refractivity contribution >= 4 is 17.8 Å². The van der Waals surface area contributed by atoms with Crippen LogP contribution >= 0.6 is 0 Å². The van der Waals surface area contributed by atoms with E-state index in [0.717, 1.165) is 11.0 Å². The largest absolute Gasteiger partial charge is 0.478 e. The molecule has 92 valence electrons. The maximum Gasteiger partial charge on any atom is 0.327 e. The second-order valence-corrected chi connectivity index (χ2v) is 3.84. The molecule has 0 bridgehead atoms. The van der Waals surface area contributed by atoms with Crippen molar-refractivity contribution in [3.05, 3.63) is 47.5 Å². The highest BCUT2D eigenvalue weighted by Crippen LogP contribution is 2.22. The predicted molar refractivity (Wildman–Crippen MR) is 63.2 cm³/mol. The number of carbonyl (C=O) groups excluding carboxylic acids is 2. The first kappa shape index (κ1) is 12.0. The third-order valence-corrected chi connectivity index (χ3v) is 2.66. The number of carbonyl (C=O) groups is 3. The number of carboxylic acids is 1. The van der Waals surface area contributed by atoms with E-state index in [1.54, 1.807) is 24.3 Å². The minimum absolute atomic E-state index is 0.191. The Morgan fingerprint density at radius 2 is 1.72 bits per heavy atom. The monoisotopic (exact) mass is 245 g/mol. The summed E-state index contributed by atoms with van der Waals surface area (Å²) in [5.74, 6) is -1.68. The Morgan fingerprint density at radius 1 is 1.17 bits per heavy atom. The van der Waals surface area contributed by atoms with Gasteiger partial charge in [0.2, 0.25) is 0 Å². The minimum atomic E-state index is -1.04. The molecule has 1 aliphatic rings. The van der Waals surface area contributed by atoms with Crippen molar-refractivity contribution in [2.75, 3.05) is 6.54 Å². The number of fused-ring (bicyclic) bond motifs is 1. The van der Waals surface area contributed by atoms with Gasteiger partial charge in [0.25, 0.3) is 11.8 Å². The van der Waals surface area contributed by atoms with Gasteiger partial charge in [-0.2, -0.15) is 0 Å². The van der Waals surface area contributed by atoms with Gasteiger partial charge in [-0.15, -0.1) is 0 Å². The molecular formula is C13H11NO4. The van der Waals surface area contributed by atoms with Gasteiger partial charge in [-0.3, -0.25) is 14.5 Å². The quantitative estimate of drug-likeness (QED) is 0.641. The van der Waals surface area contributed by atoms with E-state index in [2.05, 4.69) is 0 Å². The molecule has 1 N–H and O–H groups in total. The zero-order chi connectivity index (χ0) is 13.1. The normalized spacial score (nSPS) is 14.3. The molecule has 0 spiro atoms. The Labute approximate surface area is 103 Å². The summed E-state index contributed by atoms with van der Waals surface area (Å²) in [6.45, 7) is 0.191. The molecule has 1 aliphatic heterocycles. The minimum Gasteiger partial charge on any atom is -0.478 e. The average molecular weight is 245 g/mol. The van der Waals surface area contributed by atoms with Crippen molar-refractivity contribution in [3.8, 4) is 0 Å². The second-order valence-electron chi connectivity index (χ2n) is 3.84. The molecule has 0 saturated carbocycles. The van der Waals surface area contributed by atoms with Crippen LogP contribution in [-0.4, -0.2) is 34.3 Å². The van der Waals surface area contributed by atoms with Gasteiger partial charge in [-0.1, -0.05) is 18.2 Å². The predicted octanol–water partition coefficient (Wildman–Crippen LogP) is 1.31. The first-order valence-electron chi connectivity index (χ1n) is 5.46. The molecule has 1 aromatic carbocycles. The zero-order valence-corrected chi connectivity index (χ0v) is 9.50. The number of rotatable bonds is 4. The third-order valence-electron chi connectivity index (χ3n) is 2.66. The fourth-order valence-electron chi connectivity index (χ4n) is 1.83. The summed E-state index contributed by atoms with van der Waals surface area (Å²) in [5, 5.41) is 8.42. The lowest BCUT2D eigenvalue weighted by molar-refractivity contribution is -0.131. The van der Waals surface area contributed by atoms with Crippen LogP contribution in [0.4, 0.5) is 0 Å². The highest BCUT2D eigenvalue weighted by Gasteiger charge is 2.34. The molecule has 0 radical (unpaired) electrons. The third kappa shape index (κ3) is 2.15. The number of imide groups is 1. The van der Waals surface area contributed by atoms with Crippen molar-refractivity contribution in [1.82, 2.24) is 4.90 Å². The standard InChI is InChI=1S/C13H11NO4/c15-11(16)7-3-4-8-14-12(17)9-5-1-2-6-10(9)13(14)18/h1-3,5-7H,4,8H2,(H,15,16)/b7-3+. The van der Waals surface area contributed by atoms with E-state index >= 15 is 0 Å². The Hall–Kier alpha value is -2.43. The van der Waals surface area contributed by atoms with Crippen LogP contribution in [-0.2, 0) is 4.79 Å². The van der Waals surface area contributed by atoms with Gasteiger partial charge in [0.15, 0.2) is 0 Å². The second kappa shape index (κ2) is 4.83. The highest BCUT2D eigenvalue weighted by molar-refractivity contribution is 6.21. The number of hydrogen-bond donors (Lipinski definition) is 1. The van der Waals surface area contributed by atoms with Crippen LogP contribution in [0.2, 0.25) is 0 Å². The van der Waals surface area contributed by atoms with Gasteiger partial charge >= 0.3 is 5.97 Å². The fourth-order valence-corrected chi connectivity index (χ4v) is 1.83. The van der Waals surface area contributed by atoms with Crippen LogP contribution in [0, 0.1) is 0 Å². The van der Waals surface area contributed by atoms with Crippen LogP contribution in [0.1, 0.15) is 27.1 Å². The fraction of sp³-hybridized carbons (Fsp3) is 0.154. The lowest BCUT2D eigenvalue weighted by Crippen LogP contribution is -2.30. The molecule has 2 rings (SSSR count). The average Bonchev–Trinajstić information content (AvgIpc) is 2.59. The van der Waals surface area contributed by atoms with Gasteiger partial charge in [-0.05, 0) is 18.6 Å². The number of carboxylic acid groups (broad SMARTS) is 1. The van der Waals surface area contributed by atoms with Crippen molar-refractivity contribution in [2.45, 2.75) is 6.42 Å². The topological polar surface area (TPSA) is 74.7 Å². The molecule has 5 nitrogen and oxygen atoms in total. The molecule has 1 heterocycles. The lowest BCUT2D eigenvalue weighted by Gasteiger charge is -2.11. The van der Waals surface area contributed by atoms with Gasteiger partial charge in [0, 0.05) is 12.6 Å². The van der Waals surface area contributed by atoms with E-state index in [1.807, 2.05) is 0 Å². The molecule has 0 saturated heterocycles. The molecule has 18 heavy (non-hydrogen) atoms. The SMILES string of the molecule is O=C(O)/C=C/CCN1C(=O)c2ccccc2C1=O. The Balaban J connectivity index is 2.07. The highest BCUT2D eigenvalue weighted by atomic mass is 16.4. The van der Waals surface area contributed by atoms with Crippen LogP contribution in [0.15, 0.2) is 36.4 Å². The van der Waals surface area contributed by atoms with Gasteiger partial charge in [0.1, 0.15) is 0 Å². The number of nitrogens with zero attached hydrogens (tertiary/aromatic N) is 1. The van der Waals surface area contributed by atoms with Crippen molar-refractivity contribution in [3.63, 3.8) is 0 Å². The molecule has 0 aromatic heterocycles. The Bertz CT molecular complexity index is 513. The smallest absolute Gasteiger partial charge is 0.327 e. The number of hydrogen-bond acceptors (Lipinski definition) is 3.